The van der Waals surface area contributed by atoms with Gasteiger partial charge in [-0.05, 0) is 42.5 Å². The van der Waals surface area contributed by atoms with Gasteiger partial charge in [-0.1, -0.05) is 18.2 Å². The van der Waals surface area contributed by atoms with Gasteiger partial charge in [0, 0.05) is 42.9 Å². The highest BCUT2D eigenvalue weighted by molar-refractivity contribution is 6.02. The maximum absolute atomic E-state index is 12.8. The van der Waals surface area contributed by atoms with Crippen molar-refractivity contribution >= 4 is 40.0 Å². The Balaban J connectivity index is 1.17. The first-order valence-corrected chi connectivity index (χ1v) is 10.7. The van der Waals surface area contributed by atoms with Crippen molar-refractivity contribution in [3.05, 3.63) is 88.4 Å². The fourth-order valence-corrected chi connectivity index (χ4v) is 3.91. The second kappa shape index (κ2) is 8.74. The largest absolute Gasteiger partial charge is 0.451 e. The van der Waals surface area contributed by atoms with Gasteiger partial charge in [-0.25, -0.2) is 0 Å². The zero-order valence-corrected chi connectivity index (χ0v) is 18.0. The van der Waals surface area contributed by atoms with E-state index in [2.05, 4.69) is 10.2 Å². The average Bonchev–Trinajstić information content (AvgIpc) is 3.52. The Labute approximate surface area is 193 Å². The Morgan fingerprint density at radius 3 is 2.29 bits per heavy atom. The predicted molar refractivity (Wildman–Crippen MR) is 124 cm³/mol. The smallest absolute Gasteiger partial charge is 0.433 e. The Morgan fingerprint density at radius 2 is 1.62 bits per heavy atom. The van der Waals surface area contributed by atoms with E-state index in [1.54, 1.807) is 23.1 Å². The van der Waals surface area contributed by atoms with Crippen molar-refractivity contribution in [3.63, 3.8) is 0 Å². The van der Waals surface area contributed by atoms with Crippen molar-refractivity contribution in [1.82, 2.24) is 4.90 Å². The molecule has 1 fully saturated rings. The van der Waals surface area contributed by atoms with E-state index in [0.29, 0.717) is 43.2 Å². The molecule has 0 aliphatic carbocycles. The maximum atomic E-state index is 12.8. The number of fused-ring (bicyclic) bond motifs is 1. The van der Waals surface area contributed by atoms with Crippen LogP contribution in [0.5, 0.6) is 0 Å². The molecule has 34 heavy (non-hydrogen) atoms. The van der Waals surface area contributed by atoms with Crippen LogP contribution in [0.25, 0.3) is 11.0 Å². The van der Waals surface area contributed by atoms with Gasteiger partial charge in [0.2, 0.25) is 0 Å². The lowest BCUT2D eigenvalue weighted by Crippen LogP contribution is -2.48. The summed E-state index contributed by atoms with van der Waals surface area (Å²) in [5.74, 6) is -0.971. The molecule has 172 valence electrons. The SMILES string of the molecule is O=C(Nc1ccc(N2CCN(C(=O)c3cc4ccccc4o3)CC2)cc1)c1ccc([N+](=O)[O-])o1. The summed E-state index contributed by atoms with van der Waals surface area (Å²) in [6.07, 6.45) is 0. The number of nitro groups is 1. The number of benzene rings is 2. The fourth-order valence-electron chi connectivity index (χ4n) is 3.91. The Hall–Kier alpha value is -4.60. The van der Waals surface area contributed by atoms with Gasteiger partial charge in [-0.2, -0.15) is 0 Å². The third-order valence-electron chi connectivity index (χ3n) is 5.69. The Bertz CT molecular complexity index is 1330. The van der Waals surface area contributed by atoms with Crippen molar-refractivity contribution in [1.29, 1.82) is 0 Å². The van der Waals surface area contributed by atoms with Crippen molar-refractivity contribution in [2.75, 3.05) is 36.4 Å². The van der Waals surface area contributed by atoms with Crippen molar-refractivity contribution < 1.29 is 23.3 Å². The van der Waals surface area contributed by atoms with Gasteiger partial charge >= 0.3 is 5.88 Å². The van der Waals surface area contributed by atoms with E-state index < -0.39 is 16.7 Å². The number of nitrogens with one attached hydrogen (secondary N) is 1. The second-order valence-electron chi connectivity index (χ2n) is 7.82. The van der Waals surface area contributed by atoms with Gasteiger partial charge in [0.25, 0.3) is 11.8 Å². The number of rotatable bonds is 5. The van der Waals surface area contributed by atoms with Crippen LogP contribution < -0.4 is 10.2 Å². The number of nitrogens with zero attached hydrogens (tertiary/aromatic N) is 3. The molecule has 1 N–H and O–H groups in total. The van der Waals surface area contributed by atoms with Crippen LogP contribution in [0.3, 0.4) is 0 Å². The molecule has 1 aliphatic rings. The molecule has 2 amide bonds. The summed E-state index contributed by atoms with van der Waals surface area (Å²) in [4.78, 5) is 39.0. The molecule has 10 heteroatoms. The number of piperazine rings is 1. The molecule has 10 nitrogen and oxygen atoms in total. The molecule has 2 aromatic carbocycles. The monoisotopic (exact) mass is 460 g/mol. The van der Waals surface area contributed by atoms with Gasteiger partial charge < -0.3 is 24.0 Å². The van der Waals surface area contributed by atoms with Crippen molar-refractivity contribution in [2.45, 2.75) is 0 Å². The number of furan rings is 2. The van der Waals surface area contributed by atoms with E-state index in [9.17, 15) is 19.7 Å². The topological polar surface area (TPSA) is 122 Å². The van der Waals surface area contributed by atoms with Crippen molar-refractivity contribution in [2.24, 2.45) is 0 Å². The van der Waals surface area contributed by atoms with Crippen LogP contribution in [-0.4, -0.2) is 47.8 Å². The van der Waals surface area contributed by atoms with E-state index >= 15 is 0 Å². The summed E-state index contributed by atoms with van der Waals surface area (Å²) in [6.45, 7) is 2.44. The molecule has 1 saturated heterocycles. The third-order valence-corrected chi connectivity index (χ3v) is 5.69. The van der Waals surface area contributed by atoms with Crippen LogP contribution in [0.2, 0.25) is 0 Å². The molecule has 2 aromatic heterocycles. The highest BCUT2D eigenvalue weighted by Gasteiger charge is 2.25. The van der Waals surface area contributed by atoms with Crippen LogP contribution in [-0.2, 0) is 0 Å². The van der Waals surface area contributed by atoms with E-state index in [4.69, 9.17) is 8.83 Å². The molecule has 0 atom stereocenters. The van der Waals surface area contributed by atoms with Gasteiger partial charge in [0.15, 0.2) is 11.5 Å². The summed E-state index contributed by atoms with van der Waals surface area (Å²) in [7, 11) is 0. The number of hydrogen-bond acceptors (Lipinski definition) is 7. The summed E-state index contributed by atoms with van der Waals surface area (Å²) < 4.78 is 10.6. The highest BCUT2D eigenvalue weighted by Crippen LogP contribution is 2.23. The maximum Gasteiger partial charge on any atom is 0.433 e. The Morgan fingerprint density at radius 1 is 0.882 bits per heavy atom. The average molecular weight is 460 g/mol. The summed E-state index contributed by atoms with van der Waals surface area (Å²) >= 11 is 0. The molecule has 1 aliphatic heterocycles. The molecule has 3 heterocycles. The molecule has 0 unspecified atom stereocenters. The van der Waals surface area contributed by atoms with Crippen LogP contribution in [0.4, 0.5) is 17.3 Å². The Kier molecular flexibility index (Phi) is 5.46. The zero-order chi connectivity index (χ0) is 23.7. The summed E-state index contributed by atoms with van der Waals surface area (Å²) in [6, 6.07) is 18.9. The van der Waals surface area contributed by atoms with Crippen molar-refractivity contribution in [3.8, 4) is 0 Å². The molecular formula is C24H20N4O6. The minimum absolute atomic E-state index is 0.118. The van der Waals surface area contributed by atoms with E-state index in [0.717, 1.165) is 17.1 Å². The zero-order valence-electron chi connectivity index (χ0n) is 18.0. The lowest BCUT2D eigenvalue weighted by Gasteiger charge is -2.35. The fraction of sp³-hybridized carbons (Fsp3) is 0.167. The van der Waals surface area contributed by atoms with E-state index in [1.165, 1.54) is 6.07 Å². The van der Waals surface area contributed by atoms with Crippen LogP contribution in [0, 0.1) is 10.1 Å². The van der Waals surface area contributed by atoms with Gasteiger partial charge in [0.1, 0.15) is 10.5 Å². The molecule has 4 aromatic rings. The molecule has 0 saturated carbocycles. The minimum Gasteiger partial charge on any atom is -0.451 e. The molecule has 5 rings (SSSR count). The van der Waals surface area contributed by atoms with Gasteiger partial charge in [-0.15, -0.1) is 0 Å². The minimum atomic E-state index is -0.699. The number of amides is 2. The molecule has 0 radical (unpaired) electrons. The first kappa shape index (κ1) is 21.3. The third kappa shape index (κ3) is 4.20. The lowest BCUT2D eigenvalue weighted by atomic mass is 10.2. The highest BCUT2D eigenvalue weighted by atomic mass is 16.6. The second-order valence-corrected chi connectivity index (χ2v) is 7.82. The van der Waals surface area contributed by atoms with E-state index in [1.807, 2.05) is 36.4 Å². The standard InChI is InChI=1S/C24H20N4O6/c29-23(20-9-10-22(34-20)28(31)32)25-17-5-7-18(8-6-17)26-11-13-27(14-12-26)24(30)21-15-16-3-1-2-4-19(16)33-21/h1-10,15H,11-14H2,(H,25,29). The summed E-state index contributed by atoms with van der Waals surface area (Å²) in [5.41, 5.74) is 2.19. The lowest BCUT2D eigenvalue weighted by molar-refractivity contribution is -0.402. The molecule has 0 spiro atoms. The van der Waals surface area contributed by atoms with Gasteiger partial charge in [-0.3, -0.25) is 19.7 Å². The molecular weight excluding hydrogens is 440 g/mol. The quantitative estimate of drug-likeness (QED) is 0.351. The number of hydrogen-bond donors (Lipinski definition) is 1. The number of carbonyl (C=O) groups excluding carboxylic acids is 2. The van der Waals surface area contributed by atoms with Crippen LogP contribution in [0.1, 0.15) is 21.1 Å². The first-order chi connectivity index (χ1) is 16.5. The number of anilines is 2. The molecule has 0 bridgehead atoms. The van der Waals surface area contributed by atoms with Crippen LogP contribution >= 0.6 is 0 Å². The van der Waals surface area contributed by atoms with Crippen LogP contribution in [0.15, 0.2) is 75.6 Å². The van der Waals surface area contributed by atoms with E-state index in [-0.39, 0.29) is 11.7 Å². The normalized spacial score (nSPS) is 13.8. The number of para-hydroxylation sites is 1. The predicted octanol–water partition coefficient (Wildman–Crippen LogP) is 4.15. The number of carbonyl (C=O) groups is 2. The summed E-state index contributed by atoms with van der Waals surface area (Å²) in [5, 5.41) is 14.3. The first-order valence-electron chi connectivity index (χ1n) is 10.7. The van der Waals surface area contributed by atoms with Gasteiger partial charge in [0.05, 0.1) is 6.07 Å².